The van der Waals surface area contributed by atoms with Crippen LogP contribution in [0.1, 0.15) is 26.3 Å². The van der Waals surface area contributed by atoms with Crippen LogP contribution in [0.15, 0.2) is 48.5 Å². The molecule has 0 saturated carbocycles. The maximum atomic E-state index is 11.9. The number of hydrogen-bond donors (Lipinski definition) is 2. The van der Waals surface area contributed by atoms with E-state index in [0.717, 1.165) is 11.1 Å². The third-order valence-electron chi connectivity index (χ3n) is 4.07. The maximum Gasteiger partial charge on any atom is 0.214 e. The lowest BCUT2D eigenvalue weighted by Crippen LogP contribution is -2.41. The van der Waals surface area contributed by atoms with E-state index in [1.807, 2.05) is 24.3 Å². The standard InChI is InChI=1S/C19H22N2O3S/c1-14(2)25(23,24)21-13-19(3,22)17-9-5-15(6-10-17)16-7-11-18(20-4)12-8-16/h5-12,14,21-22H,13H2,1-3H3. The van der Waals surface area contributed by atoms with Gasteiger partial charge in [-0.1, -0.05) is 48.5 Å². The van der Waals surface area contributed by atoms with Crippen LogP contribution in [-0.2, 0) is 15.6 Å². The fourth-order valence-corrected chi connectivity index (χ4v) is 3.08. The highest BCUT2D eigenvalue weighted by atomic mass is 32.2. The molecule has 0 fully saturated rings. The molecule has 2 rings (SSSR count). The molecule has 1 unspecified atom stereocenters. The number of nitrogens with zero attached hydrogens (tertiary/aromatic N) is 1. The van der Waals surface area contributed by atoms with Gasteiger partial charge in [-0.25, -0.2) is 18.0 Å². The molecule has 2 N–H and O–H groups in total. The van der Waals surface area contributed by atoms with Crippen molar-refractivity contribution >= 4 is 15.7 Å². The van der Waals surface area contributed by atoms with Crippen LogP contribution in [0, 0.1) is 6.57 Å². The molecule has 132 valence electrons. The molecule has 6 heteroatoms. The second-order valence-electron chi connectivity index (χ2n) is 6.42. The Labute approximate surface area is 149 Å². The summed E-state index contributed by atoms with van der Waals surface area (Å²) in [6.07, 6.45) is 0. The number of rotatable bonds is 6. The Morgan fingerprint density at radius 2 is 1.56 bits per heavy atom. The minimum absolute atomic E-state index is 0.0907. The van der Waals surface area contributed by atoms with E-state index in [0.29, 0.717) is 11.3 Å². The Hall–Kier alpha value is -2.20. The number of sulfonamides is 1. The summed E-state index contributed by atoms with van der Waals surface area (Å²) in [5.74, 6) is 0. The average molecular weight is 358 g/mol. The van der Waals surface area contributed by atoms with E-state index in [-0.39, 0.29) is 6.54 Å². The van der Waals surface area contributed by atoms with Gasteiger partial charge in [0.2, 0.25) is 10.0 Å². The molecule has 2 aromatic rings. The van der Waals surface area contributed by atoms with Gasteiger partial charge in [-0.3, -0.25) is 0 Å². The molecule has 0 aromatic heterocycles. The van der Waals surface area contributed by atoms with Crippen LogP contribution in [0.3, 0.4) is 0 Å². The summed E-state index contributed by atoms with van der Waals surface area (Å²) in [5, 5.41) is 10.0. The first-order valence-corrected chi connectivity index (χ1v) is 9.49. The molecule has 0 aliphatic heterocycles. The highest BCUT2D eigenvalue weighted by Gasteiger charge is 2.26. The van der Waals surface area contributed by atoms with E-state index >= 15 is 0 Å². The Balaban J connectivity index is 2.16. The van der Waals surface area contributed by atoms with Gasteiger partial charge in [0.25, 0.3) is 0 Å². The minimum Gasteiger partial charge on any atom is -0.384 e. The third kappa shape index (κ3) is 4.67. The van der Waals surface area contributed by atoms with Gasteiger partial charge in [-0.05, 0) is 37.5 Å². The molecule has 0 aliphatic carbocycles. The van der Waals surface area contributed by atoms with Crippen molar-refractivity contribution in [3.8, 4) is 11.1 Å². The Kier molecular flexibility index (Phi) is 5.63. The van der Waals surface area contributed by atoms with Gasteiger partial charge >= 0.3 is 0 Å². The Morgan fingerprint density at radius 3 is 2.00 bits per heavy atom. The summed E-state index contributed by atoms with van der Waals surface area (Å²) in [7, 11) is -3.43. The molecule has 1 atom stereocenters. The van der Waals surface area contributed by atoms with Crippen molar-refractivity contribution in [1.29, 1.82) is 0 Å². The van der Waals surface area contributed by atoms with Gasteiger partial charge in [0, 0.05) is 6.54 Å². The molecule has 25 heavy (non-hydrogen) atoms. The van der Waals surface area contributed by atoms with Crippen LogP contribution in [-0.4, -0.2) is 25.3 Å². The van der Waals surface area contributed by atoms with Crippen molar-refractivity contribution in [2.45, 2.75) is 31.6 Å². The fourth-order valence-electron chi connectivity index (χ4n) is 2.26. The van der Waals surface area contributed by atoms with Gasteiger partial charge < -0.3 is 5.11 Å². The summed E-state index contributed by atoms with van der Waals surface area (Å²) >= 11 is 0. The van der Waals surface area contributed by atoms with Crippen molar-refractivity contribution in [3.63, 3.8) is 0 Å². The summed E-state index contributed by atoms with van der Waals surface area (Å²) in [6.45, 7) is 11.6. The zero-order valence-corrected chi connectivity index (χ0v) is 15.3. The number of nitrogens with one attached hydrogen (secondary N) is 1. The van der Waals surface area contributed by atoms with Gasteiger partial charge in [0.1, 0.15) is 5.60 Å². The highest BCUT2D eigenvalue weighted by Crippen LogP contribution is 2.26. The summed E-state index contributed by atoms with van der Waals surface area (Å²) in [4.78, 5) is 3.37. The lowest BCUT2D eigenvalue weighted by Gasteiger charge is -2.25. The number of benzene rings is 2. The smallest absolute Gasteiger partial charge is 0.214 e. The molecule has 0 aliphatic rings. The topological polar surface area (TPSA) is 70.8 Å². The van der Waals surface area contributed by atoms with Crippen molar-refractivity contribution in [3.05, 3.63) is 65.5 Å². The van der Waals surface area contributed by atoms with Gasteiger partial charge in [0.05, 0.1) is 11.8 Å². The van der Waals surface area contributed by atoms with Crippen LogP contribution in [0.25, 0.3) is 16.0 Å². The summed E-state index contributed by atoms with van der Waals surface area (Å²) < 4.78 is 26.2. The fraction of sp³-hybridized carbons (Fsp3) is 0.316. The summed E-state index contributed by atoms with van der Waals surface area (Å²) in [5.41, 5.74) is 1.83. The summed E-state index contributed by atoms with van der Waals surface area (Å²) in [6, 6.07) is 14.6. The third-order valence-corrected chi connectivity index (χ3v) is 5.86. The van der Waals surface area contributed by atoms with Crippen LogP contribution >= 0.6 is 0 Å². The molecule has 0 spiro atoms. The molecule has 0 bridgehead atoms. The second-order valence-corrected chi connectivity index (χ2v) is 8.75. The van der Waals surface area contributed by atoms with E-state index in [2.05, 4.69) is 9.57 Å². The first kappa shape index (κ1) is 19.1. The van der Waals surface area contributed by atoms with Crippen LogP contribution in [0.5, 0.6) is 0 Å². The van der Waals surface area contributed by atoms with Crippen molar-refractivity contribution < 1.29 is 13.5 Å². The molecular weight excluding hydrogens is 336 g/mol. The lowest BCUT2D eigenvalue weighted by molar-refractivity contribution is 0.0627. The van der Waals surface area contributed by atoms with Crippen molar-refractivity contribution in [2.75, 3.05) is 6.54 Å². The normalized spacial score (nSPS) is 14.1. The largest absolute Gasteiger partial charge is 0.384 e. The predicted octanol–water partition coefficient (Wildman–Crippen LogP) is 3.44. The van der Waals surface area contributed by atoms with Crippen LogP contribution < -0.4 is 4.72 Å². The lowest BCUT2D eigenvalue weighted by atomic mass is 9.94. The number of hydrogen-bond acceptors (Lipinski definition) is 3. The Morgan fingerprint density at radius 1 is 1.08 bits per heavy atom. The highest BCUT2D eigenvalue weighted by molar-refractivity contribution is 7.90. The Bertz CT molecular complexity index is 862. The number of aliphatic hydroxyl groups is 1. The van der Waals surface area contributed by atoms with E-state index in [9.17, 15) is 13.5 Å². The van der Waals surface area contributed by atoms with Crippen LogP contribution in [0.2, 0.25) is 0 Å². The average Bonchev–Trinajstić information content (AvgIpc) is 2.60. The first-order chi connectivity index (χ1) is 11.7. The van der Waals surface area contributed by atoms with Crippen molar-refractivity contribution in [2.24, 2.45) is 0 Å². The molecule has 0 saturated heterocycles. The quantitative estimate of drug-likeness (QED) is 0.777. The van der Waals surface area contributed by atoms with E-state index in [4.69, 9.17) is 6.57 Å². The van der Waals surface area contributed by atoms with E-state index in [1.54, 1.807) is 45.0 Å². The molecule has 0 radical (unpaired) electrons. The monoisotopic (exact) mass is 358 g/mol. The minimum atomic E-state index is -3.43. The predicted molar refractivity (Wildman–Crippen MR) is 99.8 cm³/mol. The SMILES string of the molecule is [C-]#[N+]c1ccc(-c2ccc(C(C)(O)CNS(=O)(=O)C(C)C)cc2)cc1. The maximum absolute atomic E-state index is 11.9. The second kappa shape index (κ2) is 7.36. The van der Waals surface area contributed by atoms with Crippen molar-refractivity contribution in [1.82, 2.24) is 4.72 Å². The molecular formula is C19H22N2O3S. The zero-order chi connectivity index (χ0) is 18.7. The van der Waals surface area contributed by atoms with E-state index < -0.39 is 20.9 Å². The zero-order valence-electron chi connectivity index (χ0n) is 14.5. The molecule has 0 heterocycles. The first-order valence-electron chi connectivity index (χ1n) is 7.95. The molecule has 2 aromatic carbocycles. The van der Waals surface area contributed by atoms with E-state index in [1.165, 1.54) is 0 Å². The van der Waals surface area contributed by atoms with Gasteiger partial charge in [0.15, 0.2) is 5.69 Å². The van der Waals surface area contributed by atoms with Crippen LogP contribution in [0.4, 0.5) is 5.69 Å². The molecule has 5 nitrogen and oxygen atoms in total. The van der Waals surface area contributed by atoms with Gasteiger partial charge in [-0.15, -0.1) is 0 Å². The van der Waals surface area contributed by atoms with Gasteiger partial charge in [-0.2, -0.15) is 0 Å². The molecule has 0 amide bonds.